The number of anilines is 4. The van der Waals surface area contributed by atoms with Crippen LogP contribution in [0, 0.1) is 6.92 Å². The third-order valence-electron chi connectivity index (χ3n) is 3.96. The molecule has 0 aliphatic rings. The van der Waals surface area contributed by atoms with Gasteiger partial charge in [0, 0.05) is 30.4 Å². The van der Waals surface area contributed by atoms with Crippen molar-refractivity contribution in [3.05, 3.63) is 72.1 Å². The van der Waals surface area contributed by atoms with Crippen molar-refractivity contribution in [2.24, 2.45) is 0 Å². The minimum Gasteiger partial charge on any atom is -0.363 e. The smallest absolute Gasteiger partial charge is 0.221 e. The van der Waals surface area contributed by atoms with Gasteiger partial charge in [0.2, 0.25) is 5.91 Å². The molecule has 3 N–H and O–H groups in total. The fourth-order valence-electron chi connectivity index (χ4n) is 2.78. The molecule has 1 heterocycles. The van der Waals surface area contributed by atoms with E-state index in [1.54, 1.807) is 0 Å². The summed E-state index contributed by atoms with van der Waals surface area (Å²) in [5.41, 5.74) is 2.75. The number of aryl methyl sites for hydroxylation is 1. The molecule has 6 nitrogen and oxygen atoms in total. The van der Waals surface area contributed by atoms with Crippen molar-refractivity contribution in [1.82, 2.24) is 9.97 Å². The van der Waals surface area contributed by atoms with Gasteiger partial charge in [0.25, 0.3) is 0 Å². The average Bonchev–Trinajstić information content (AvgIpc) is 2.61. The number of amides is 1. The summed E-state index contributed by atoms with van der Waals surface area (Å²) >= 11 is 0. The van der Waals surface area contributed by atoms with Gasteiger partial charge in [-0.1, -0.05) is 36.4 Å². The molecule has 0 aliphatic carbocycles. The first-order valence-electron chi connectivity index (χ1n) is 8.81. The van der Waals surface area contributed by atoms with E-state index in [9.17, 15) is 4.79 Å². The van der Waals surface area contributed by atoms with Gasteiger partial charge >= 0.3 is 0 Å². The van der Waals surface area contributed by atoms with E-state index in [2.05, 4.69) is 45.0 Å². The van der Waals surface area contributed by atoms with E-state index in [-0.39, 0.29) is 11.9 Å². The highest BCUT2D eigenvalue weighted by Crippen LogP contribution is 2.23. The van der Waals surface area contributed by atoms with Crippen molar-refractivity contribution in [3.63, 3.8) is 0 Å². The van der Waals surface area contributed by atoms with Gasteiger partial charge in [-0.25, -0.2) is 9.97 Å². The molecule has 0 aliphatic heterocycles. The van der Waals surface area contributed by atoms with Crippen molar-refractivity contribution in [2.45, 2.75) is 26.8 Å². The van der Waals surface area contributed by atoms with Gasteiger partial charge in [-0.05, 0) is 37.6 Å². The molecule has 3 rings (SSSR count). The maximum absolute atomic E-state index is 11.2. The second-order valence-electron chi connectivity index (χ2n) is 6.35. The van der Waals surface area contributed by atoms with E-state index in [0.717, 1.165) is 17.2 Å². The van der Waals surface area contributed by atoms with Gasteiger partial charge in [-0.2, -0.15) is 0 Å². The molecule has 1 unspecified atom stereocenters. The Balaban J connectivity index is 1.76. The van der Waals surface area contributed by atoms with Crippen LogP contribution >= 0.6 is 0 Å². The minimum absolute atomic E-state index is 0.105. The van der Waals surface area contributed by atoms with Crippen molar-refractivity contribution < 1.29 is 4.79 Å². The van der Waals surface area contributed by atoms with Gasteiger partial charge in [-0.15, -0.1) is 0 Å². The highest BCUT2D eigenvalue weighted by atomic mass is 16.1. The van der Waals surface area contributed by atoms with Gasteiger partial charge in [-0.3, -0.25) is 4.79 Å². The first-order valence-corrected chi connectivity index (χ1v) is 8.81. The van der Waals surface area contributed by atoms with Gasteiger partial charge < -0.3 is 16.0 Å². The zero-order chi connectivity index (χ0) is 19.2. The largest absolute Gasteiger partial charge is 0.363 e. The van der Waals surface area contributed by atoms with Crippen LogP contribution in [0.2, 0.25) is 0 Å². The fourth-order valence-corrected chi connectivity index (χ4v) is 2.78. The summed E-state index contributed by atoms with van der Waals surface area (Å²) in [6.45, 7) is 5.44. The number of rotatable bonds is 6. The zero-order valence-electron chi connectivity index (χ0n) is 15.7. The van der Waals surface area contributed by atoms with Crippen molar-refractivity contribution in [3.8, 4) is 0 Å². The Morgan fingerprint density at radius 1 is 0.926 bits per heavy atom. The molecular weight excluding hydrogens is 338 g/mol. The maximum atomic E-state index is 11.2. The molecule has 0 spiro atoms. The summed E-state index contributed by atoms with van der Waals surface area (Å²) in [5, 5.41) is 9.46. The van der Waals surface area contributed by atoms with Gasteiger partial charge in [0.1, 0.15) is 17.5 Å². The second-order valence-corrected chi connectivity index (χ2v) is 6.35. The van der Waals surface area contributed by atoms with Crippen LogP contribution in [0.25, 0.3) is 0 Å². The normalized spacial score (nSPS) is 11.5. The average molecular weight is 361 g/mol. The monoisotopic (exact) mass is 361 g/mol. The summed E-state index contributed by atoms with van der Waals surface area (Å²) in [6.07, 6.45) is 0. The van der Waals surface area contributed by atoms with Crippen LogP contribution in [0.5, 0.6) is 0 Å². The van der Waals surface area contributed by atoms with Crippen LogP contribution < -0.4 is 16.0 Å². The Kier molecular flexibility index (Phi) is 5.66. The van der Waals surface area contributed by atoms with Crippen LogP contribution in [-0.4, -0.2) is 15.9 Å². The molecule has 1 atom stereocenters. The molecule has 1 amide bonds. The number of nitrogens with zero attached hydrogens (tertiary/aromatic N) is 2. The Hall–Kier alpha value is -3.41. The first-order chi connectivity index (χ1) is 13.0. The number of benzene rings is 2. The number of nitrogens with one attached hydrogen (secondary N) is 3. The van der Waals surface area contributed by atoms with Crippen molar-refractivity contribution in [1.29, 1.82) is 0 Å². The summed E-state index contributed by atoms with van der Waals surface area (Å²) in [5.74, 6) is 2.00. The van der Waals surface area contributed by atoms with E-state index in [4.69, 9.17) is 0 Å². The second kappa shape index (κ2) is 8.31. The van der Waals surface area contributed by atoms with E-state index in [1.165, 1.54) is 12.5 Å². The summed E-state index contributed by atoms with van der Waals surface area (Å²) in [7, 11) is 0. The molecule has 1 aromatic heterocycles. The summed E-state index contributed by atoms with van der Waals surface area (Å²) < 4.78 is 0. The number of carbonyl (C=O) groups excluding carboxylic acids is 1. The quantitative estimate of drug-likeness (QED) is 0.595. The highest BCUT2D eigenvalue weighted by molar-refractivity contribution is 5.89. The maximum Gasteiger partial charge on any atom is 0.221 e. The van der Waals surface area contributed by atoms with Gasteiger partial charge in [0.15, 0.2) is 0 Å². The Morgan fingerprint density at radius 2 is 1.63 bits per heavy atom. The fraction of sp³-hybridized carbons (Fsp3) is 0.190. The van der Waals surface area contributed by atoms with Crippen LogP contribution in [0.4, 0.5) is 23.0 Å². The molecule has 0 fully saturated rings. The molecule has 138 valence electrons. The molecule has 6 heteroatoms. The lowest BCUT2D eigenvalue weighted by Crippen LogP contribution is -2.09. The Labute approximate surface area is 159 Å². The minimum atomic E-state index is -0.105. The summed E-state index contributed by atoms with van der Waals surface area (Å²) in [6, 6.07) is 19.7. The number of hydrogen-bond acceptors (Lipinski definition) is 5. The predicted molar refractivity (Wildman–Crippen MR) is 109 cm³/mol. The molecule has 3 aromatic rings. The van der Waals surface area contributed by atoms with E-state index < -0.39 is 0 Å². The van der Waals surface area contributed by atoms with Crippen molar-refractivity contribution >= 4 is 28.9 Å². The van der Waals surface area contributed by atoms with Gasteiger partial charge in [0.05, 0.1) is 0 Å². The SMILES string of the molecule is CC(=O)Nc1cccc(Nc2cc(NC(C)c3ccccc3)nc(C)n2)c1. The van der Waals surface area contributed by atoms with Crippen LogP contribution in [0.15, 0.2) is 60.7 Å². The molecule has 27 heavy (non-hydrogen) atoms. The predicted octanol–water partition coefficient (Wildman–Crippen LogP) is 4.66. The van der Waals surface area contributed by atoms with Crippen LogP contribution in [0.3, 0.4) is 0 Å². The lowest BCUT2D eigenvalue weighted by molar-refractivity contribution is -0.114. The topological polar surface area (TPSA) is 78.9 Å². The molecule has 0 saturated carbocycles. The molecule has 0 radical (unpaired) electrons. The Morgan fingerprint density at radius 3 is 2.37 bits per heavy atom. The first kappa shape index (κ1) is 18.4. The van der Waals surface area contributed by atoms with E-state index >= 15 is 0 Å². The van der Waals surface area contributed by atoms with Crippen LogP contribution in [0.1, 0.15) is 31.3 Å². The molecular formula is C21H23N5O. The number of aromatic nitrogens is 2. The van der Waals surface area contributed by atoms with E-state index in [0.29, 0.717) is 11.6 Å². The lowest BCUT2D eigenvalue weighted by atomic mass is 10.1. The van der Waals surface area contributed by atoms with Crippen LogP contribution in [-0.2, 0) is 4.79 Å². The van der Waals surface area contributed by atoms with E-state index in [1.807, 2.05) is 55.5 Å². The Bertz CT molecular complexity index is 927. The lowest BCUT2D eigenvalue weighted by Gasteiger charge is -2.16. The summed E-state index contributed by atoms with van der Waals surface area (Å²) in [4.78, 5) is 20.2. The molecule has 0 bridgehead atoms. The zero-order valence-corrected chi connectivity index (χ0v) is 15.7. The highest BCUT2D eigenvalue weighted by Gasteiger charge is 2.08. The third-order valence-corrected chi connectivity index (χ3v) is 3.96. The standard InChI is InChI=1S/C21H23N5O/c1-14(17-8-5-4-6-9-17)22-20-13-21(24-15(2)23-20)26-19-11-7-10-18(12-19)25-16(3)27/h4-14H,1-3H3,(H,25,27)(H2,22,23,24,26). The molecule has 2 aromatic carbocycles. The van der Waals surface area contributed by atoms with Crippen molar-refractivity contribution in [2.75, 3.05) is 16.0 Å². The number of carbonyl (C=O) groups is 1. The third kappa shape index (κ3) is 5.28. The number of hydrogen-bond donors (Lipinski definition) is 3. The molecule has 0 saturated heterocycles.